The van der Waals surface area contributed by atoms with Crippen molar-refractivity contribution in [2.45, 2.75) is 25.0 Å². The molecule has 5 heteroatoms. The van der Waals surface area contributed by atoms with Gasteiger partial charge in [-0.25, -0.2) is 0 Å². The molecule has 1 aromatic rings. The number of rotatable bonds is 3. The fourth-order valence-corrected chi connectivity index (χ4v) is 2.59. The maximum Gasteiger partial charge on any atom is 0.237 e. The summed E-state index contributed by atoms with van der Waals surface area (Å²) in [6, 6.07) is 7.59. The number of carbonyl (C=O) groups excluding carboxylic acids is 1. The summed E-state index contributed by atoms with van der Waals surface area (Å²) in [7, 11) is 1.65. The van der Waals surface area contributed by atoms with Gasteiger partial charge in [0.2, 0.25) is 5.91 Å². The van der Waals surface area contributed by atoms with Gasteiger partial charge < -0.3 is 11.1 Å². The van der Waals surface area contributed by atoms with Crippen LogP contribution in [0.4, 0.5) is 0 Å². The molecular formula is C13H18ClN3O. The lowest BCUT2D eigenvalue weighted by Crippen LogP contribution is -2.41. The van der Waals surface area contributed by atoms with Gasteiger partial charge in [0.1, 0.15) is 0 Å². The van der Waals surface area contributed by atoms with Crippen molar-refractivity contribution in [3.8, 4) is 0 Å². The van der Waals surface area contributed by atoms with Gasteiger partial charge in [0.25, 0.3) is 0 Å². The summed E-state index contributed by atoms with van der Waals surface area (Å²) in [5.74, 6) is 0.0232. The highest BCUT2D eigenvalue weighted by Crippen LogP contribution is 2.23. The van der Waals surface area contributed by atoms with E-state index in [1.165, 1.54) is 0 Å². The smallest absolute Gasteiger partial charge is 0.237 e. The second kappa shape index (κ2) is 5.69. The highest BCUT2D eigenvalue weighted by atomic mass is 35.5. The lowest BCUT2D eigenvalue weighted by Gasteiger charge is -2.23. The molecule has 2 atom stereocenters. The molecule has 0 aromatic heterocycles. The first kappa shape index (κ1) is 13.3. The van der Waals surface area contributed by atoms with E-state index < -0.39 is 0 Å². The Hall–Kier alpha value is -1.10. The van der Waals surface area contributed by atoms with Crippen molar-refractivity contribution in [2.75, 3.05) is 13.6 Å². The number of carbonyl (C=O) groups is 1. The minimum absolute atomic E-state index is 0.0232. The van der Waals surface area contributed by atoms with Gasteiger partial charge in [-0.3, -0.25) is 9.69 Å². The maximum atomic E-state index is 11.8. The van der Waals surface area contributed by atoms with Crippen molar-refractivity contribution in [3.05, 3.63) is 34.9 Å². The summed E-state index contributed by atoms with van der Waals surface area (Å²) in [4.78, 5) is 13.9. The normalized spacial score (nSPS) is 24.2. The highest BCUT2D eigenvalue weighted by molar-refractivity contribution is 6.31. The van der Waals surface area contributed by atoms with Crippen molar-refractivity contribution in [1.29, 1.82) is 0 Å². The van der Waals surface area contributed by atoms with Crippen LogP contribution in [0, 0.1) is 0 Å². The lowest BCUT2D eigenvalue weighted by molar-refractivity contribution is -0.125. The van der Waals surface area contributed by atoms with Crippen molar-refractivity contribution in [1.82, 2.24) is 10.2 Å². The molecule has 1 aliphatic rings. The van der Waals surface area contributed by atoms with Gasteiger partial charge in [-0.05, 0) is 18.1 Å². The van der Waals surface area contributed by atoms with E-state index in [9.17, 15) is 4.79 Å². The molecule has 0 aliphatic carbocycles. The van der Waals surface area contributed by atoms with E-state index in [0.717, 1.165) is 17.1 Å². The largest absolute Gasteiger partial charge is 0.358 e. The Morgan fingerprint density at radius 2 is 2.28 bits per heavy atom. The van der Waals surface area contributed by atoms with Gasteiger partial charge in [-0.15, -0.1) is 0 Å². The van der Waals surface area contributed by atoms with Crippen molar-refractivity contribution in [2.24, 2.45) is 5.73 Å². The quantitative estimate of drug-likeness (QED) is 0.859. The Labute approximate surface area is 112 Å². The van der Waals surface area contributed by atoms with E-state index >= 15 is 0 Å². The van der Waals surface area contributed by atoms with Crippen LogP contribution in [0.2, 0.25) is 5.02 Å². The van der Waals surface area contributed by atoms with Crippen molar-refractivity contribution < 1.29 is 4.79 Å². The summed E-state index contributed by atoms with van der Waals surface area (Å²) in [5.41, 5.74) is 6.97. The van der Waals surface area contributed by atoms with E-state index in [1.54, 1.807) is 7.05 Å². The first-order valence-electron chi connectivity index (χ1n) is 6.06. The van der Waals surface area contributed by atoms with E-state index in [2.05, 4.69) is 10.2 Å². The Bertz CT molecular complexity index is 438. The zero-order valence-corrected chi connectivity index (χ0v) is 11.2. The molecule has 0 bridgehead atoms. The van der Waals surface area contributed by atoms with Crippen molar-refractivity contribution >= 4 is 17.5 Å². The minimum atomic E-state index is -0.152. The average molecular weight is 268 g/mol. The standard InChI is InChI=1S/C13H18ClN3O/c1-16-13(18)12-6-10(15)8-17(12)7-9-4-2-3-5-11(9)14/h2-5,10,12H,6-8,15H2,1H3,(H,16,18)/t10-,12+/m1/s1. The molecule has 2 rings (SSSR count). The molecule has 1 aromatic carbocycles. The molecule has 1 amide bonds. The van der Waals surface area contributed by atoms with E-state index in [-0.39, 0.29) is 18.0 Å². The number of likely N-dealkylation sites (N-methyl/N-ethyl adjacent to an activating group) is 1. The molecule has 1 fully saturated rings. The van der Waals surface area contributed by atoms with Crippen LogP contribution in [-0.2, 0) is 11.3 Å². The van der Waals surface area contributed by atoms with E-state index in [1.807, 2.05) is 24.3 Å². The molecule has 0 spiro atoms. The van der Waals surface area contributed by atoms with Crippen LogP contribution >= 0.6 is 11.6 Å². The molecule has 4 nitrogen and oxygen atoms in total. The molecule has 18 heavy (non-hydrogen) atoms. The Kier molecular flexibility index (Phi) is 4.22. The van der Waals surface area contributed by atoms with E-state index in [4.69, 9.17) is 17.3 Å². The highest BCUT2D eigenvalue weighted by Gasteiger charge is 2.34. The molecule has 0 saturated carbocycles. The second-order valence-electron chi connectivity index (χ2n) is 4.65. The monoisotopic (exact) mass is 267 g/mol. The van der Waals surface area contributed by atoms with Crippen LogP contribution in [0.25, 0.3) is 0 Å². The number of nitrogens with one attached hydrogen (secondary N) is 1. The number of likely N-dealkylation sites (tertiary alicyclic amines) is 1. The van der Waals surface area contributed by atoms with Gasteiger partial charge in [0.15, 0.2) is 0 Å². The molecular weight excluding hydrogens is 250 g/mol. The van der Waals surface area contributed by atoms with Gasteiger partial charge in [-0.2, -0.15) is 0 Å². The topological polar surface area (TPSA) is 58.4 Å². The molecule has 1 saturated heterocycles. The van der Waals surface area contributed by atoms with Crippen LogP contribution in [0.15, 0.2) is 24.3 Å². The predicted molar refractivity (Wildman–Crippen MR) is 72.3 cm³/mol. The number of amides is 1. The number of nitrogens with zero attached hydrogens (tertiary/aromatic N) is 1. The molecule has 0 radical (unpaired) electrons. The molecule has 1 heterocycles. The summed E-state index contributed by atoms with van der Waals surface area (Å²) >= 11 is 6.14. The number of nitrogens with two attached hydrogens (primary N) is 1. The third kappa shape index (κ3) is 2.83. The number of halogens is 1. The molecule has 3 N–H and O–H groups in total. The SMILES string of the molecule is CNC(=O)[C@@H]1C[C@@H](N)CN1Cc1ccccc1Cl. The predicted octanol–water partition coefficient (Wildman–Crippen LogP) is 0.988. The summed E-state index contributed by atoms with van der Waals surface area (Å²) in [5, 5.41) is 3.42. The molecule has 98 valence electrons. The summed E-state index contributed by atoms with van der Waals surface area (Å²) < 4.78 is 0. The number of hydrogen-bond donors (Lipinski definition) is 2. The van der Waals surface area contributed by atoms with Crippen LogP contribution in [0.1, 0.15) is 12.0 Å². The lowest BCUT2D eigenvalue weighted by atomic mass is 10.1. The Morgan fingerprint density at radius 3 is 2.94 bits per heavy atom. The van der Waals surface area contributed by atoms with Gasteiger partial charge >= 0.3 is 0 Å². The zero-order valence-electron chi connectivity index (χ0n) is 10.4. The van der Waals surface area contributed by atoms with E-state index in [0.29, 0.717) is 13.0 Å². The molecule has 1 aliphatic heterocycles. The molecule has 0 unspecified atom stereocenters. The fourth-order valence-electron chi connectivity index (χ4n) is 2.40. The van der Waals surface area contributed by atoms with Gasteiger partial charge in [-0.1, -0.05) is 29.8 Å². The fraction of sp³-hybridized carbons (Fsp3) is 0.462. The summed E-state index contributed by atoms with van der Waals surface area (Å²) in [6.07, 6.45) is 0.699. The van der Waals surface area contributed by atoms with Crippen LogP contribution < -0.4 is 11.1 Å². The number of hydrogen-bond acceptors (Lipinski definition) is 3. The Balaban J connectivity index is 2.12. The third-order valence-corrected chi connectivity index (χ3v) is 3.68. The van der Waals surface area contributed by atoms with Gasteiger partial charge in [0, 0.05) is 31.2 Å². The third-order valence-electron chi connectivity index (χ3n) is 3.32. The van der Waals surface area contributed by atoms with Crippen LogP contribution in [0.5, 0.6) is 0 Å². The average Bonchev–Trinajstić information content (AvgIpc) is 2.72. The Morgan fingerprint density at radius 1 is 1.56 bits per heavy atom. The minimum Gasteiger partial charge on any atom is -0.358 e. The second-order valence-corrected chi connectivity index (χ2v) is 5.05. The first-order chi connectivity index (χ1) is 8.61. The van der Waals surface area contributed by atoms with Crippen LogP contribution in [-0.4, -0.2) is 36.5 Å². The number of benzene rings is 1. The van der Waals surface area contributed by atoms with Gasteiger partial charge in [0.05, 0.1) is 6.04 Å². The maximum absolute atomic E-state index is 11.8. The van der Waals surface area contributed by atoms with Crippen LogP contribution in [0.3, 0.4) is 0 Å². The first-order valence-corrected chi connectivity index (χ1v) is 6.44. The zero-order chi connectivity index (χ0) is 13.1. The van der Waals surface area contributed by atoms with Crippen molar-refractivity contribution in [3.63, 3.8) is 0 Å². The summed E-state index contributed by atoms with van der Waals surface area (Å²) in [6.45, 7) is 1.38.